The Morgan fingerprint density at radius 2 is 2.21 bits per heavy atom. The first kappa shape index (κ1) is 18.1. The molecular weight excluding hydrogens is 306 g/mol. The van der Waals surface area contributed by atoms with Crippen molar-refractivity contribution < 1.29 is 13.9 Å². The van der Waals surface area contributed by atoms with Crippen molar-refractivity contribution in [3.63, 3.8) is 0 Å². The second kappa shape index (κ2) is 8.04. The largest absolute Gasteiger partial charge is 0.469 e. The number of ether oxygens (including phenoxy) is 1. The molecule has 0 spiro atoms. The Balaban J connectivity index is 1.80. The van der Waals surface area contributed by atoms with Gasteiger partial charge in [0, 0.05) is 37.3 Å². The summed E-state index contributed by atoms with van der Waals surface area (Å²) in [5.41, 5.74) is 0.615. The molecule has 1 N–H and O–H groups in total. The van der Waals surface area contributed by atoms with Crippen molar-refractivity contribution in [2.75, 3.05) is 6.54 Å². The minimum absolute atomic E-state index is 0.314. The summed E-state index contributed by atoms with van der Waals surface area (Å²) in [5.74, 6) is 0.995. The third-order valence-corrected chi connectivity index (χ3v) is 3.66. The Labute approximate surface area is 143 Å². The van der Waals surface area contributed by atoms with E-state index in [-0.39, 0.29) is 6.09 Å². The molecular formula is C18H27N3O3. The van der Waals surface area contributed by atoms with E-state index in [1.54, 1.807) is 6.26 Å². The standard InChI is InChI=1S/C18H27N3O3/c1-14(7-8-16-6-5-11-23-16)21-13-19-12-15(21)9-10-20-17(22)24-18(2,3)4/h5-6,11-14H,7-10H2,1-4H3,(H,20,22). The smallest absolute Gasteiger partial charge is 0.407 e. The number of nitrogens with zero attached hydrogens (tertiary/aromatic N) is 2. The summed E-state index contributed by atoms with van der Waals surface area (Å²) in [4.78, 5) is 15.9. The minimum atomic E-state index is -0.480. The van der Waals surface area contributed by atoms with Crippen molar-refractivity contribution in [1.82, 2.24) is 14.9 Å². The van der Waals surface area contributed by atoms with Crippen molar-refractivity contribution in [2.24, 2.45) is 0 Å². The van der Waals surface area contributed by atoms with Gasteiger partial charge in [0.1, 0.15) is 11.4 Å². The van der Waals surface area contributed by atoms with Gasteiger partial charge >= 0.3 is 6.09 Å². The summed E-state index contributed by atoms with van der Waals surface area (Å²) >= 11 is 0. The monoisotopic (exact) mass is 333 g/mol. The Morgan fingerprint density at radius 3 is 2.88 bits per heavy atom. The lowest BCUT2D eigenvalue weighted by Gasteiger charge is -2.20. The summed E-state index contributed by atoms with van der Waals surface area (Å²) in [7, 11) is 0. The second-order valence-corrected chi connectivity index (χ2v) is 6.94. The van der Waals surface area contributed by atoms with Crippen LogP contribution >= 0.6 is 0 Å². The predicted octanol–water partition coefficient (Wildman–Crippen LogP) is 3.74. The Kier molecular flexibility index (Phi) is 6.06. The van der Waals surface area contributed by atoms with Crippen LogP contribution in [0.5, 0.6) is 0 Å². The van der Waals surface area contributed by atoms with Crippen LogP contribution in [0.1, 0.15) is 51.6 Å². The van der Waals surface area contributed by atoms with Crippen LogP contribution in [0.2, 0.25) is 0 Å². The fourth-order valence-electron chi connectivity index (χ4n) is 2.47. The maximum absolute atomic E-state index is 11.7. The molecule has 0 bridgehead atoms. The lowest BCUT2D eigenvalue weighted by molar-refractivity contribution is 0.0528. The number of hydrogen-bond acceptors (Lipinski definition) is 4. The molecule has 24 heavy (non-hydrogen) atoms. The molecule has 2 aromatic rings. The molecule has 0 radical (unpaired) electrons. The van der Waals surface area contributed by atoms with Gasteiger partial charge in [-0.05, 0) is 46.2 Å². The number of rotatable bonds is 7. The van der Waals surface area contributed by atoms with Crippen molar-refractivity contribution in [3.8, 4) is 0 Å². The molecule has 2 rings (SSSR count). The number of furan rings is 1. The summed E-state index contributed by atoms with van der Waals surface area (Å²) < 4.78 is 12.8. The predicted molar refractivity (Wildman–Crippen MR) is 91.9 cm³/mol. The molecule has 1 unspecified atom stereocenters. The average molecular weight is 333 g/mol. The van der Waals surface area contributed by atoms with E-state index in [4.69, 9.17) is 9.15 Å². The molecule has 0 fully saturated rings. The zero-order valence-electron chi connectivity index (χ0n) is 14.9. The Morgan fingerprint density at radius 1 is 1.42 bits per heavy atom. The number of nitrogens with one attached hydrogen (secondary N) is 1. The maximum atomic E-state index is 11.7. The van der Waals surface area contributed by atoms with Crippen LogP contribution in [-0.4, -0.2) is 27.8 Å². The van der Waals surface area contributed by atoms with Gasteiger partial charge in [-0.25, -0.2) is 9.78 Å². The first-order chi connectivity index (χ1) is 11.3. The molecule has 0 aliphatic heterocycles. The van der Waals surface area contributed by atoms with E-state index in [9.17, 15) is 4.79 Å². The molecule has 2 heterocycles. The van der Waals surface area contributed by atoms with Gasteiger partial charge in [0.05, 0.1) is 12.6 Å². The van der Waals surface area contributed by atoms with Gasteiger partial charge in [-0.2, -0.15) is 0 Å². The number of aromatic nitrogens is 2. The molecule has 0 aliphatic carbocycles. The molecule has 0 saturated carbocycles. The van der Waals surface area contributed by atoms with Crippen LogP contribution in [0.15, 0.2) is 35.3 Å². The molecule has 6 heteroatoms. The minimum Gasteiger partial charge on any atom is -0.469 e. The van der Waals surface area contributed by atoms with Gasteiger partial charge in [0.2, 0.25) is 0 Å². The van der Waals surface area contributed by atoms with Crippen LogP contribution < -0.4 is 5.32 Å². The Hall–Kier alpha value is -2.24. The highest BCUT2D eigenvalue weighted by atomic mass is 16.6. The van der Waals surface area contributed by atoms with E-state index < -0.39 is 5.60 Å². The molecule has 0 aromatic carbocycles. The summed E-state index contributed by atoms with van der Waals surface area (Å²) in [6.07, 6.45) is 7.57. The summed E-state index contributed by atoms with van der Waals surface area (Å²) in [6, 6.07) is 4.21. The number of hydrogen-bond donors (Lipinski definition) is 1. The van der Waals surface area contributed by atoms with Crippen LogP contribution in [0.25, 0.3) is 0 Å². The molecule has 132 valence electrons. The van der Waals surface area contributed by atoms with E-state index in [2.05, 4.69) is 21.8 Å². The van der Waals surface area contributed by atoms with Crippen molar-refractivity contribution in [3.05, 3.63) is 42.4 Å². The highest BCUT2D eigenvalue weighted by Gasteiger charge is 2.16. The third kappa shape index (κ3) is 5.76. The van der Waals surface area contributed by atoms with E-state index in [0.717, 1.165) is 24.3 Å². The fourth-order valence-corrected chi connectivity index (χ4v) is 2.47. The molecule has 2 aromatic heterocycles. The lowest BCUT2D eigenvalue weighted by Crippen LogP contribution is -2.33. The van der Waals surface area contributed by atoms with Gasteiger partial charge in [0.25, 0.3) is 0 Å². The molecule has 6 nitrogen and oxygen atoms in total. The van der Waals surface area contributed by atoms with Crippen LogP contribution in [0.3, 0.4) is 0 Å². The average Bonchev–Trinajstić information content (AvgIpc) is 3.14. The summed E-state index contributed by atoms with van der Waals surface area (Å²) in [6.45, 7) is 8.23. The van der Waals surface area contributed by atoms with Crippen molar-refractivity contribution in [1.29, 1.82) is 0 Å². The number of alkyl carbamates (subject to hydrolysis) is 1. The first-order valence-electron chi connectivity index (χ1n) is 8.35. The van der Waals surface area contributed by atoms with E-state index >= 15 is 0 Å². The quantitative estimate of drug-likeness (QED) is 0.838. The number of imidazole rings is 1. The van der Waals surface area contributed by atoms with E-state index in [1.165, 1.54) is 0 Å². The second-order valence-electron chi connectivity index (χ2n) is 6.94. The zero-order chi connectivity index (χ0) is 17.6. The SMILES string of the molecule is CC(CCc1ccco1)n1cncc1CCNC(=O)OC(C)(C)C. The first-order valence-corrected chi connectivity index (χ1v) is 8.35. The van der Waals surface area contributed by atoms with Gasteiger partial charge in [0.15, 0.2) is 0 Å². The summed E-state index contributed by atoms with van der Waals surface area (Å²) in [5, 5.41) is 2.78. The van der Waals surface area contributed by atoms with Gasteiger partial charge in [-0.1, -0.05) is 0 Å². The van der Waals surface area contributed by atoms with Crippen molar-refractivity contribution in [2.45, 2.75) is 58.6 Å². The number of amides is 1. The number of carbonyl (C=O) groups excluding carboxylic acids is 1. The topological polar surface area (TPSA) is 69.3 Å². The van der Waals surface area contributed by atoms with E-state index in [0.29, 0.717) is 19.0 Å². The molecule has 1 amide bonds. The van der Waals surface area contributed by atoms with Crippen LogP contribution in [0, 0.1) is 0 Å². The fraction of sp³-hybridized carbons (Fsp3) is 0.556. The van der Waals surface area contributed by atoms with Crippen LogP contribution in [-0.2, 0) is 17.6 Å². The Bertz CT molecular complexity index is 626. The molecule has 0 saturated heterocycles. The van der Waals surface area contributed by atoms with Gasteiger partial charge in [-0.3, -0.25) is 0 Å². The third-order valence-electron chi connectivity index (χ3n) is 3.66. The molecule has 1 atom stereocenters. The van der Waals surface area contributed by atoms with Crippen LogP contribution in [0.4, 0.5) is 4.79 Å². The molecule has 0 aliphatic rings. The highest BCUT2D eigenvalue weighted by Crippen LogP contribution is 2.17. The lowest BCUT2D eigenvalue weighted by atomic mass is 10.1. The normalized spacial score (nSPS) is 12.8. The van der Waals surface area contributed by atoms with Crippen molar-refractivity contribution >= 4 is 6.09 Å². The highest BCUT2D eigenvalue weighted by molar-refractivity contribution is 5.67. The maximum Gasteiger partial charge on any atom is 0.407 e. The van der Waals surface area contributed by atoms with E-state index in [1.807, 2.05) is 45.4 Å². The van der Waals surface area contributed by atoms with Gasteiger partial charge in [-0.15, -0.1) is 0 Å². The van der Waals surface area contributed by atoms with Gasteiger partial charge < -0.3 is 19.0 Å². The zero-order valence-corrected chi connectivity index (χ0v) is 14.9. The number of aryl methyl sites for hydroxylation is 1. The number of carbonyl (C=O) groups is 1.